The maximum atomic E-state index is 13.6. The van der Waals surface area contributed by atoms with Crippen molar-refractivity contribution < 1.29 is 14.2 Å². The van der Waals surface area contributed by atoms with Gasteiger partial charge in [0.1, 0.15) is 30.3 Å². The van der Waals surface area contributed by atoms with E-state index >= 15 is 0 Å². The first-order valence-electron chi connectivity index (χ1n) is 7.80. The van der Waals surface area contributed by atoms with Gasteiger partial charge in [-0.05, 0) is 49.2 Å². The van der Waals surface area contributed by atoms with E-state index in [1.807, 2.05) is 38.1 Å². The fraction of sp³-hybridized carbons (Fsp3) is 0.316. The van der Waals surface area contributed by atoms with Crippen LogP contribution in [0.15, 0.2) is 42.5 Å². The normalized spacial score (nSPS) is 13.1. The van der Waals surface area contributed by atoms with Crippen LogP contribution in [0.4, 0.5) is 4.39 Å². The molecule has 0 aromatic heterocycles. The molecule has 2 N–H and O–H groups in total. The summed E-state index contributed by atoms with van der Waals surface area (Å²) in [5.41, 5.74) is 1.84. The lowest BCUT2D eigenvalue weighted by Gasteiger charge is -2.18. The molecule has 0 aliphatic carbocycles. The van der Waals surface area contributed by atoms with Gasteiger partial charge in [-0.2, -0.15) is 5.26 Å². The first kappa shape index (κ1) is 17.9. The van der Waals surface area contributed by atoms with Crippen molar-refractivity contribution in [2.24, 2.45) is 0 Å². The first-order valence-corrected chi connectivity index (χ1v) is 7.80. The van der Waals surface area contributed by atoms with E-state index in [4.69, 9.17) is 10.00 Å². The van der Waals surface area contributed by atoms with Gasteiger partial charge < -0.3 is 15.2 Å². The maximum Gasteiger partial charge on any atom is 0.141 e. The molecule has 4 nitrogen and oxygen atoms in total. The number of nitrogens with zero attached hydrogens (tertiary/aromatic N) is 1. The monoisotopic (exact) mass is 328 g/mol. The summed E-state index contributed by atoms with van der Waals surface area (Å²) in [6, 6.07) is 13.8. The number of rotatable bonds is 7. The van der Waals surface area contributed by atoms with Gasteiger partial charge in [0, 0.05) is 12.6 Å². The van der Waals surface area contributed by atoms with Crippen LogP contribution in [0.1, 0.15) is 29.7 Å². The smallest absolute Gasteiger partial charge is 0.141 e. The highest BCUT2D eigenvalue weighted by molar-refractivity contribution is 5.34. The number of ether oxygens (including phenoxy) is 1. The molecule has 2 unspecified atom stereocenters. The second-order valence-electron chi connectivity index (χ2n) is 5.76. The van der Waals surface area contributed by atoms with E-state index in [9.17, 15) is 9.50 Å². The molecule has 0 aliphatic rings. The van der Waals surface area contributed by atoms with E-state index in [0.717, 1.165) is 16.9 Å². The number of hydrogen-bond donors (Lipinski definition) is 2. The Labute approximate surface area is 141 Å². The predicted molar refractivity (Wildman–Crippen MR) is 90.2 cm³/mol. The SMILES string of the molecule is Cc1cccc(OCC(O)CNC(C)c2ccc(C#N)c(F)c2)c1. The van der Waals surface area contributed by atoms with Crippen LogP contribution in [0.5, 0.6) is 5.75 Å². The zero-order chi connectivity index (χ0) is 17.5. The van der Waals surface area contributed by atoms with Crippen molar-refractivity contribution in [3.8, 4) is 11.8 Å². The van der Waals surface area contributed by atoms with Crippen LogP contribution in [0.2, 0.25) is 0 Å². The predicted octanol–water partition coefficient (Wildman–Crippen LogP) is 3.10. The quantitative estimate of drug-likeness (QED) is 0.820. The third-order valence-electron chi connectivity index (χ3n) is 3.71. The third kappa shape index (κ3) is 5.05. The minimum absolute atomic E-state index is 0.0255. The van der Waals surface area contributed by atoms with Crippen LogP contribution in [-0.2, 0) is 0 Å². The minimum atomic E-state index is -0.684. The average Bonchev–Trinajstić information content (AvgIpc) is 2.57. The fourth-order valence-electron chi connectivity index (χ4n) is 2.28. The number of aliphatic hydroxyl groups excluding tert-OH is 1. The maximum absolute atomic E-state index is 13.6. The van der Waals surface area contributed by atoms with Gasteiger partial charge in [0.15, 0.2) is 0 Å². The molecule has 2 rings (SSSR count). The Morgan fingerprint density at radius 3 is 2.75 bits per heavy atom. The van der Waals surface area contributed by atoms with Gasteiger partial charge in [0.25, 0.3) is 0 Å². The molecule has 0 amide bonds. The molecule has 0 heterocycles. The van der Waals surface area contributed by atoms with Gasteiger partial charge in [0.05, 0.1) is 5.56 Å². The number of nitrogens with one attached hydrogen (secondary N) is 1. The molecule has 0 spiro atoms. The Kier molecular flexibility index (Phi) is 6.30. The van der Waals surface area contributed by atoms with Crippen molar-refractivity contribution in [3.05, 3.63) is 65.0 Å². The molecular formula is C19H21FN2O2. The number of halogens is 1. The zero-order valence-electron chi connectivity index (χ0n) is 13.8. The lowest BCUT2D eigenvalue weighted by molar-refractivity contribution is 0.104. The largest absolute Gasteiger partial charge is 0.491 e. The van der Waals surface area contributed by atoms with Crippen molar-refractivity contribution in [2.45, 2.75) is 26.0 Å². The standard InChI is InChI=1S/C19H21FN2O2/c1-13-4-3-5-18(8-13)24-12-17(23)11-22-14(2)15-6-7-16(10-21)19(20)9-15/h3-9,14,17,22-23H,11-12H2,1-2H3. The molecule has 126 valence electrons. The van der Waals surface area contributed by atoms with Gasteiger partial charge in [-0.1, -0.05) is 18.2 Å². The molecule has 2 atom stereocenters. The summed E-state index contributed by atoms with van der Waals surface area (Å²) in [4.78, 5) is 0. The number of aryl methyl sites for hydroxylation is 1. The number of benzene rings is 2. The number of nitriles is 1. The highest BCUT2D eigenvalue weighted by Crippen LogP contribution is 2.16. The summed E-state index contributed by atoms with van der Waals surface area (Å²) in [5.74, 6) is 0.184. The summed E-state index contributed by atoms with van der Waals surface area (Å²) >= 11 is 0. The van der Waals surface area contributed by atoms with Gasteiger partial charge in [-0.3, -0.25) is 0 Å². The molecule has 0 saturated carbocycles. The van der Waals surface area contributed by atoms with Crippen LogP contribution in [0.25, 0.3) is 0 Å². The molecule has 2 aromatic carbocycles. The van der Waals surface area contributed by atoms with E-state index in [1.54, 1.807) is 12.1 Å². The molecule has 0 aliphatic heterocycles. The Hall–Kier alpha value is -2.42. The van der Waals surface area contributed by atoms with E-state index in [1.165, 1.54) is 12.1 Å². The molecule has 0 saturated heterocycles. The van der Waals surface area contributed by atoms with E-state index < -0.39 is 11.9 Å². The molecule has 0 radical (unpaired) electrons. The number of aliphatic hydroxyl groups is 1. The van der Waals surface area contributed by atoms with Gasteiger partial charge in [-0.25, -0.2) is 4.39 Å². The molecule has 2 aromatic rings. The Bertz CT molecular complexity index is 728. The molecule has 0 bridgehead atoms. The lowest BCUT2D eigenvalue weighted by atomic mass is 10.1. The molecule has 24 heavy (non-hydrogen) atoms. The van der Waals surface area contributed by atoms with Gasteiger partial charge in [0.2, 0.25) is 0 Å². The summed E-state index contributed by atoms with van der Waals surface area (Å²) in [7, 11) is 0. The van der Waals surface area contributed by atoms with E-state index in [-0.39, 0.29) is 18.2 Å². The number of hydrogen-bond acceptors (Lipinski definition) is 4. The summed E-state index contributed by atoms with van der Waals surface area (Å²) in [5, 5.41) is 21.9. The Morgan fingerprint density at radius 2 is 2.08 bits per heavy atom. The Balaban J connectivity index is 1.81. The summed E-state index contributed by atoms with van der Waals surface area (Å²) < 4.78 is 19.2. The second-order valence-corrected chi connectivity index (χ2v) is 5.76. The van der Waals surface area contributed by atoms with Crippen molar-refractivity contribution in [1.82, 2.24) is 5.32 Å². The van der Waals surface area contributed by atoms with Crippen LogP contribution in [-0.4, -0.2) is 24.4 Å². The average molecular weight is 328 g/mol. The van der Waals surface area contributed by atoms with Crippen molar-refractivity contribution in [2.75, 3.05) is 13.2 Å². The highest BCUT2D eigenvalue weighted by atomic mass is 19.1. The van der Waals surface area contributed by atoms with E-state index in [0.29, 0.717) is 6.54 Å². The van der Waals surface area contributed by atoms with Crippen molar-refractivity contribution in [1.29, 1.82) is 5.26 Å². The first-order chi connectivity index (χ1) is 11.5. The fourth-order valence-corrected chi connectivity index (χ4v) is 2.28. The molecule has 0 fully saturated rings. The Morgan fingerprint density at radius 1 is 1.29 bits per heavy atom. The van der Waals surface area contributed by atoms with Crippen LogP contribution in [0.3, 0.4) is 0 Å². The third-order valence-corrected chi connectivity index (χ3v) is 3.71. The lowest BCUT2D eigenvalue weighted by Crippen LogP contribution is -2.33. The van der Waals surface area contributed by atoms with E-state index in [2.05, 4.69) is 5.32 Å². The van der Waals surface area contributed by atoms with Gasteiger partial charge in [-0.15, -0.1) is 0 Å². The van der Waals surface area contributed by atoms with Gasteiger partial charge >= 0.3 is 0 Å². The minimum Gasteiger partial charge on any atom is -0.491 e. The van der Waals surface area contributed by atoms with Crippen LogP contribution in [0, 0.1) is 24.1 Å². The molecule has 5 heteroatoms. The van der Waals surface area contributed by atoms with Crippen molar-refractivity contribution >= 4 is 0 Å². The molecular weight excluding hydrogens is 307 g/mol. The highest BCUT2D eigenvalue weighted by Gasteiger charge is 2.11. The summed E-state index contributed by atoms with van der Waals surface area (Å²) in [6.07, 6.45) is -0.684. The van der Waals surface area contributed by atoms with Crippen LogP contribution >= 0.6 is 0 Å². The second kappa shape index (κ2) is 8.44. The van der Waals surface area contributed by atoms with Crippen LogP contribution < -0.4 is 10.1 Å². The van der Waals surface area contributed by atoms with Crippen molar-refractivity contribution in [3.63, 3.8) is 0 Å². The topological polar surface area (TPSA) is 65.3 Å². The summed E-state index contributed by atoms with van der Waals surface area (Å²) in [6.45, 7) is 4.33. The zero-order valence-corrected chi connectivity index (χ0v) is 13.8.